The van der Waals surface area contributed by atoms with Crippen LogP contribution in [0.2, 0.25) is 0 Å². The third-order valence-electron chi connectivity index (χ3n) is 5.92. The van der Waals surface area contributed by atoms with Gasteiger partial charge in [-0.15, -0.1) is 0 Å². The average Bonchev–Trinajstić information content (AvgIpc) is 3.53. The fourth-order valence-electron chi connectivity index (χ4n) is 4.25. The SMILES string of the molecule is O=C(CCCn1c(=O)c2cccn2c2cccnc21)N1CCN(C(=O)c2ccco2)CC1. The van der Waals surface area contributed by atoms with Crippen molar-refractivity contribution in [1.82, 2.24) is 23.8 Å². The number of aryl methyl sites for hydroxylation is 1. The van der Waals surface area contributed by atoms with Crippen LogP contribution in [0, 0.1) is 0 Å². The molecule has 1 aliphatic heterocycles. The standard InChI is InChI=1S/C23H23N5O4/c29-20(25-12-14-26(15-13-25)23(31)19-7-4-16-32-19)8-3-11-28-21-17(5-1-9-24-21)27-10-2-6-18(27)22(28)30/h1-2,4-7,9-10,16H,3,8,11-15H2. The fraction of sp³-hybridized carbons (Fsp3) is 0.304. The second kappa shape index (κ2) is 8.33. The minimum atomic E-state index is -0.151. The Morgan fingerprint density at radius 3 is 2.53 bits per heavy atom. The summed E-state index contributed by atoms with van der Waals surface area (Å²) in [6, 6.07) is 10.7. The molecular formula is C23H23N5O4. The zero-order chi connectivity index (χ0) is 22.1. The Hall–Kier alpha value is -3.88. The molecule has 164 valence electrons. The average molecular weight is 433 g/mol. The molecule has 0 bridgehead atoms. The molecule has 4 aromatic rings. The van der Waals surface area contributed by atoms with E-state index in [1.165, 1.54) is 6.26 Å². The molecule has 9 heteroatoms. The number of piperazine rings is 1. The van der Waals surface area contributed by atoms with E-state index in [1.807, 2.05) is 28.8 Å². The predicted molar refractivity (Wildman–Crippen MR) is 117 cm³/mol. The summed E-state index contributed by atoms with van der Waals surface area (Å²) in [4.78, 5) is 45.9. The van der Waals surface area contributed by atoms with E-state index in [9.17, 15) is 14.4 Å². The number of furan rings is 1. The number of hydrogen-bond donors (Lipinski definition) is 0. The van der Waals surface area contributed by atoms with Crippen LogP contribution in [0.25, 0.3) is 16.7 Å². The van der Waals surface area contributed by atoms with Gasteiger partial charge in [-0.3, -0.25) is 19.0 Å². The lowest BCUT2D eigenvalue weighted by Gasteiger charge is -2.34. The first-order valence-corrected chi connectivity index (χ1v) is 10.7. The third-order valence-corrected chi connectivity index (χ3v) is 5.92. The summed E-state index contributed by atoms with van der Waals surface area (Å²) < 4.78 is 8.67. The Labute approximate surface area is 183 Å². The number of nitrogens with zero attached hydrogens (tertiary/aromatic N) is 5. The van der Waals surface area contributed by atoms with Crippen LogP contribution >= 0.6 is 0 Å². The van der Waals surface area contributed by atoms with Crippen molar-refractivity contribution in [3.63, 3.8) is 0 Å². The number of fused-ring (bicyclic) bond motifs is 3. The van der Waals surface area contributed by atoms with Crippen molar-refractivity contribution in [2.75, 3.05) is 26.2 Å². The summed E-state index contributed by atoms with van der Waals surface area (Å²) in [6.07, 6.45) is 5.87. The van der Waals surface area contributed by atoms with Gasteiger partial charge in [0.1, 0.15) is 5.52 Å². The van der Waals surface area contributed by atoms with Gasteiger partial charge < -0.3 is 18.6 Å². The number of pyridine rings is 1. The molecule has 0 saturated carbocycles. The van der Waals surface area contributed by atoms with Gasteiger partial charge in [0, 0.05) is 51.5 Å². The molecule has 0 atom stereocenters. The van der Waals surface area contributed by atoms with E-state index in [0.29, 0.717) is 62.5 Å². The van der Waals surface area contributed by atoms with E-state index < -0.39 is 0 Å². The number of carbonyl (C=O) groups is 2. The molecular weight excluding hydrogens is 410 g/mol. The monoisotopic (exact) mass is 433 g/mol. The largest absolute Gasteiger partial charge is 0.459 e. The van der Waals surface area contributed by atoms with Crippen molar-refractivity contribution in [2.24, 2.45) is 0 Å². The highest BCUT2D eigenvalue weighted by molar-refractivity contribution is 5.91. The summed E-state index contributed by atoms with van der Waals surface area (Å²) >= 11 is 0. The molecule has 0 aromatic carbocycles. The van der Waals surface area contributed by atoms with Crippen LogP contribution in [0.4, 0.5) is 0 Å². The molecule has 1 aliphatic rings. The normalized spacial score (nSPS) is 14.4. The van der Waals surface area contributed by atoms with E-state index in [2.05, 4.69) is 4.98 Å². The molecule has 5 rings (SSSR count). The Morgan fingerprint density at radius 2 is 1.75 bits per heavy atom. The van der Waals surface area contributed by atoms with Crippen LogP contribution in [0.3, 0.4) is 0 Å². The molecule has 5 heterocycles. The first kappa shape index (κ1) is 20.0. The van der Waals surface area contributed by atoms with Gasteiger partial charge in [0.05, 0.1) is 11.8 Å². The van der Waals surface area contributed by atoms with Crippen LogP contribution in [-0.4, -0.2) is 61.7 Å². The van der Waals surface area contributed by atoms with E-state index >= 15 is 0 Å². The first-order chi connectivity index (χ1) is 15.6. The number of amides is 2. The van der Waals surface area contributed by atoms with Crippen LogP contribution in [0.1, 0.15) is 23.4 Å². The summed E-state index contributed by atoms with van der Waals surface area (Å²) in [7, 11) is 0. The van der Waals surface area contributed by atoms with Gasteiger partial charge in [-0.1, -0.05) is 0 Å². The van der Waals surface area contributed by atoms with Gasteiger partial charge in [0.15, 0.2) is 11.4 Å². The highest BCUT2D eigenvalue weighted by Crippen LogP contribution is 2.14. The third kappa shape index (κ3) is 3.55. The summed E-state index contributed by atoms with van der Waals surface area (Å²) in [5, 5.41) is 0. The number of rotatable bonds is 5. The van der Waals surface area contributed by atoms with E-state index in [1.54, 1.807) is 38.8 Å². The van der Waals surface area contributed by atoms with Gasteiger partial charge in [0.2, 0.25) is 5.91 Å². The minimum absolute atomic E-state index is 0.0316. The second-order valence-corrected chi connectivity index (χ2v) is 7.82. The quantitative estimate of drug-likeness (QED) is 0.480. The number of aromatic nitrogens is 3. The Kier molecular flexibility index (Phi) is 5.22. The maximum Gasteiger partial charge on any atom is 0.289 e. The van der Waals surface area contributed by atoms with E-state index in [4.69, 9.17) is 4.42 Å². The molecule has 0 N–H and O–H groups in total. The number of hydrogen-bond acceptors (Lipinski definition) is 5. The van der Waals surface area contributed by atoms with Crippen molar-refractivity contribution >= 4 is 28.5 Å². The van der Waals surface area contributed by atoms with Crippen LogP contribution in [0.15, 0.2) is 64.3 Å². The maximum absolute atomic E-state index is 12.9. The Bertz CT molecular complexity index is 1330. The first-order valence-electron chi connectivity index (χ1n) is 10.7. The molecule has 1 fully saturated rings. The van der Waals surface area contributed by atoms with Gasteiger partial charge >= 0.3 is 0 Å². The van der Waals surface area contributed by atoms with Crippen molar-refractivity contribution < 1.29 is 14.0 Å². The summed E-state index contributed by atoms with van der Waals surface area (Å²) in [6.45, 7) is 2.35. The van der Waals surface area contributed by atoms with Crippen LogP contribution < -0.4 is 5.56 Å². The molecule has 1 saturated heterocycles. The summed E-state index contributed by atoms with van der Waals surface area (Å²) in [5.74, 6) is 0.196. The molecule has 0 spiro atoms. The zero-order valence-electron chi connectivity index (χ0n) is 17.5. The topological polar surface area (TPSA) is 93.1 Å². The lowest BCUT2D eigenvalue weighted by Crippen LogP contribution is -2.50. The van der Waals surface area contributed by atoms with Gasteiger partial charge in [-0.25, -0.2) is 4.98 Å². The van der Waals surface area contributed by atoms with E-state index in [-0.39, 0.29) is 17.4 Å². The zero-order valence-corrected chi connectivity index (χ0v) is 17.5. The molecule has 32 heavy (non-hydrogen) atoms. The smallest absolute Gasteiger partial charge is 0.289 e. The maximum atomic E-state index is 12.9. The van der Waals surface area contributed by atoms with Gasteiger partial charge in [-0.2, -0.15) is 0 Å². The lowest BCUT2D eigenvalue weighted by atomic mass is 10.2. The Morgan fingerprint density at radius 1 is 0.969 bits per heavy atom. The predicted octanol–water partition coefficient (Wildman–Crippen LogP) is 2.01. The van der Waals surface area contributed by atoms with E-state index in [0.717, 1.165) is 5.52 Å². The highest BCUT2D eigenvalue weighted by Gasteiger charge is 2.25. The molecule has 0 unspecified atom stereocenters. The van der Waals surface area contributed by atoms with Gasteiger partial charge in [-0.05, 0) is 42.8 Å². The van der Waals surface area contributed by atoms with Crippen molar-refractivity contribution in [1.29, 1.82) is 0 Å². The molecule has 2 amide bonds. The van der Waals surface area contributed by atoms with Crippen molar-refractivity contribution in [3.05, 3.63) is 71.2 Å². The lowest BCUT2D eigenvalue weighted by molar-refractivity contribution is -0.132. The molecule has 0 aliphatic carbocycles. The molecule has 4 aromatic heterocycles. The second-order valence-electron chi connectivity index (χ2n) is 7.82. The Balaban J connectivity index is 1.21. The minimum Gasteiger partial charge on any atom is -0.459 e. The molecule has 9 nitrogen and oxygen atoms in total. The van der Waals surface area contributed by atoms with Crippen molar-refractivity contribution in [3.8, 4) is 0 Å². The van der Waals surface area contributed by atoms with Crippen LogP contribution in [0.5, 0.6) is 0 Å². The van der Waals surface area contributed by atoms with Gasteiger partial charge in [0.25, 0.3) is 11.5 Å². The number of carbonyl (C=O) groups excluding carboxylic acids is 2. The summed E-state index contributed by atoms with van der Waals surface area (Å²) in [5.41, 5.74) is 1.95. The highest BCUT2D eigenvalue weighted by atomic mass is 16.3. The molecule has 0 radical (unpaired) electrons. The van der Waals surface area contributed by atoms with Crippen molar-refractivity contribution in [2.45, 2.75) is 19.4 Å². The fourth-order valence-corrected chi connectivity index (χ4v) is 4.25. The van der Waals surface area contributed by atoms with Crippen LogP contribution in [-0.2, 0) is 11.3 Å².